The Bertz CT molecular complexity index is 529. The molecule has 1 atom stereocenters. The first-order valence-corrected chi connectivity index (χ1v) is 6.11. The van der Waals surface area contributed by atoms with Gasteiger partial charge in [-0.2, -0.15) is 13.2 Å². The van der Waals surface area contributed by atoms with Crippen molar-refractivity contribution < 1.29 is 22.7 Å². The Labute approximate surface area is 119 Å². The maximum absolute atomic E-state index is 12.7. The van der Waals surface area contributed by atoms with Crippen LogP contribution in [0.4, 0.5) is 13.2 Å². The predicted octanol–water partition coefficient (Wildman–Crippen LogP) is 3.98. The molecule has 0 N–H and O–H groups in total. The standard InChI is InChI=1S/C13H13ClF3NO2/c1-4-20-12(19)11(7(2)3)9-5-8(13(15,16)17)6-10(14)18-9/h5-6,11H,2,4H2,1,3H3. The fourth-order valence-corrected chi connectivity index (χ4v) is 1.84. The van der Waals surface area contributed by atoms with Crippen LogP contribution in [0.5, 0.6) is 0 Å². The number of hydrogen-bond donors (Lipinski definition) is 0. The van der Waals surface area contributed by atoms with Gasteiger partial charge in [0.1, 0.15) is 11.1 Å². The normalized spacial score (nSPS) is 12.9. The first-order chi connectivity index (χ1) is 9.16. The maximum atomic E-state index is 12.7. The van der Waals surface area contributed by atoms with Gasteiger partial charge in [-0.3, -0.25) is 4.79 Å². The van der Waals surface area contributed by atoms with E-state index in [1.807, 2.05) is 0 Å². The van der Waals surface area contributed by atoms with Crippen LogP contribution in [0.3, 0.4) is 0 Å². The monoisotopic (exact) mass is 307 g/mol. The van der Waals surface area contributed by atoms with Crippen LogP contribution in [0.25, 0.3) is 0 Å². The first kappa shape index (κ1) is 16.5. The number of alkyl halides is 3. The van der Waals surface area contributed by atoms with Gasteiger partial charge in [0, 0.05) is 0 Å². The lowest BCUT2D eigenvalue weighted by Gasteiger charge is -2.17. The highest BCUT2D eigenvalue weighted by molar-refractivity contribution is 6.29. The molecule has 0 fully saturated rings. The Balaban J connectivity index is 3.31. The van der Waals surface area contributed by atoms with E-state index in [9.17, 15) is 18.0 Å². The lowest BCUT2D eigenvalue weighted by molar-refractivity contribution is -0.144. The summed E-state index contributed by atoms with van der Waals surface area (Å²) in [6.45, 7) is 6.81. The zero-order valence-electron chi connectivity index (χ0n) is 10.9. The Hall–Kier alpha value is -1.56. The van der Waals surface area contributed by atoms with Crippen LogP contribution in [0.15, 0.2) is 24.3 Å². The highest BCUT2D eigenvalue weighted by atomic mass is 35.5. The van der Waals surface area contributed by atoms with Gasteiger partial charge in [-0.05, 0) is 26.0 Å². The van der Waals surface area contributed by atoms with Crippen molar-refractivity contribution in [1.29, 1.82) is 0 Å². The zero-order valence-corrected chi connectivity index (χ0v) is 11.7. The third-order valence-electron chi connectivity index (χ3n) is 2.45. The molecule has 1 unspecified atom stereocenters. The number of rotatable bonds is 4. The average Bonchev–Trinajstić information content (AvgIpc) is 2.26. The van der Waals surface area contributed by atoms with Crippen molar-refractivity contribution in [3.05, 3.63) is 40.7 Å². The molecule has 20 heavy (non-hydrogen) atoms. The number of aromatic nitrogens is 1. The maximum Gasteiger partial charge on any atom is 0.416 e. The highest BCUT2D eigenvalue weighted by Gasteiger charge is 2.34. The SMILES string of the molecule is C=C(C)C(C(=O)OCC)c1cc(C(F)(F)F)cc(Cl)n1. The second kappa shape index (κ2) is 6.26. The van der Waals surface area contributed by atoms with Crippen molar-refractivity contribution in [2.24, 2.45) is 0 Å². The highest BCUT2D eigenvalue weighted by Crippen LogP contribution is 2.33. The molecule has 0 saturated heterocycles. The Morgan fingerprint density at radius 3 is 2.55 bits per heavy atom. The molecule has 1 rings (SSSR count). The molecular weight excluding hydrogens is 295 g/mol. The fourth-order valence-electron chi connectivity index (χ4n) is 1.63. The quantitative estimate of drug-likeness (QED) is 0.480. The van der Waals surface area contributed by atoms with Gasteiger partial charge < -0.3 is 4.74 Å². The van der Waals surface area contributed by atoms with E-state index in [2.05, 4.69) is 11.6 Å². The molecule has 0 spiro atoms. The Morgan fingerprint density at radius 1 is 1.50 bits per heavy atom. The van der Waals surface area contributed by atoms with E-state index in [1.165, 1.54) is 6.92 Å². The van der Waals surface area contributed by atoms with Gasteiger partial charge in [0.05, 0.1) is 17.9 Å². The lowest BCUT2D eigenvalue weighted by Crippen LogP contribution is -2.19. The van der Waals surface area contributed by atoms with Crippen molar-refractivity contribution in [3.8, 4) is 0 Å². The van der Waals surface area contributed by atoms with Gasteiger partial charge in [0.15, 0.2) is 0 Å². The molecule has 0 aliphatic carbocycles. The third-order valence-corrected chi connectivity index (χ3v) is 2.65. The number of nitrogens with zero attached hydrogens (tertiary/aromatic N) is 1. The minimum Gasteiger partial charge on any atom is -0.465 e. The van der Waals surface area contributed by atoms with Gasteiger partial charge in [-0.15, -0.1) is 0 Å². The number of halogens is 4. The summed E-state index contributed by atoms with van der Waals surface area (Å²) in [7, 11) is 0. The largest absolute Gasteiger partial charge is 0.465 e. The number of hydrogen-bond acceptors (Lipinski definition) is 3. The lowest BCUT2D eigenvalue weighted by atomic mass is 9.96. The minimum atomic E-state index is -4.57. The van der Waals surface area contributed by atoms with Crippen molar-refractivity contribution >= 4 is 17.6 Å². The predicted molar refractivity (Wildman–Crippen MR) is 68.4 cm³/mol. The average molecular weight is 308 g/mol. The molecule has 1 aromatic rings. The smallest absolute Gasteiger partial charge is 0.416 e. The molecule has 0 aliphatic heterocycles. The van der Waals surface area contributed by atoms with E-state index < -0.39 is 23.6 Å². The summed E-state index contributed by atoms with van der Waals surface area (Å²) in [5, 5.41) is -0.342. The summed E-state index contributed by atoms with van der Waals surface area (Å²) in [5.41, 5.74) is -0.773. The Kier molecular flexibility index (Phi) is 5.16. The molecule has 0 saturated carbocycles. The fraction of sp³-hybridized carbons (Fsp3) is 0.385. The molecular formula is C13H13ClF3NO2. The van der Waals surface area contributed by atoms with Crippen molar-refractivity contribution in [2.45, 2.75) is 25.9 Å². The molecule has 0 amide bonds. The van der Waals surface area contributed by atoms with Gasteiger partial charge in [0.2, 0.25) is 0 Å². The molecule has 110 valence electrons. The van der Waals surface area contributed by atoms with Crippen molar-refractivity contribution in [3.63, 3.8) is 0 Å². The van der Waals surface area contributed by atoms with Crippen molar-refractivity contribution in [2.75, 3.05) is 6.61 Å². The first-order valence-electron chi connectivity index (χ1n) is 5.73. The second-order valence-electron chi connectivity index (χ2n) is 4.13. The summed E-state index contributed by atoms with van der Waals surface area (Å²) in [4.78, 5) is 15.6. The summed E-state index contributed by atoms with van der Waals surface area (Å²) in [6, 6.07) is 1.48. The van der Waals surface area contributed by atoms with E-state index in [1.54, 1.807) is 6.92 Å². The van der Waals surface area contributed by atoms with Gasteiger partial charge >= 0.3 is 12.1 Å². The van der Waals surface area contributed by atoms with E-state index in [4.69, 9.17) is 16.3 Å². The van der Waals surface area contributed by atoms with Crippen molar-refractivity contribution in [1.82, 2.24) is 4.98 Å². The summed E-state index contributed by atoms with van der Waals surface area (Å²) >= 11 is 5.59. The number of carbonyl (C=O) groups excluding carboxylic acids is 1. The molecule has 1 aromatic heterocycles. The molecule has 7 heteroatoms. The van der Waals surface area contributed by atoms with Crippen LogP contribution in [0, 0.1) is 0 Å². The second-order valence-corrected chi connectivity index (χ2v) is 4.52. The van der Waals surface area contributed by atoms with Crippen LogP contribution in [0.2, 0.25) is 5.15 Å². The van der Waals surface area contributed by atoms with Gasteiger partial charge in [0.25, 0.3) is 0 Å². The molecule has 0 bridgehead atoms. The summed E-state index contributed by atoms with van der Waals surface area (Å²) in [6.07, 6.45) is -4.57. The number of ether oxygens (including phenoxy) is 1. The summed E-state index contributed by atoms with van der Waals surface area (Å²) < 4.78 is 43.0. The third kappa shape index (κ3) is 3.96. The number of carbonyl (C=O) groups is 1. The molecule has 0 aliphatic rings. The number of esters is 1. The minimum absolute atomic E-state index is 0.106. The summed E-state index contributed by atoms with van der Waals surface area (Å²) in [5.74, 6) is -1.78. The van der Waals surface area contributed by atoms with E-state index in [0.29, 0.717) is 11.6 Å². The molecule has 1 heterocycles. The van der Waals surface area contributed by atoms with Crippen LogP contribution in [-0.4, -0.2) is 17.6 Å². The van der Waals surface area contributed by atoms with E-state index >= 15 is 0 Å². The van der Waals surface area contributed by atoms with E-state index in [0.717, 1.165) is 6.07 Å². The Morgan fingerprint density at radius 2 is 2.10 bits per heavy atom. The van der Waals surface area contributed by atoms with Crippen LogP contribution < -0.4 is 0 Å². The van der Waals surface area contributed by atoms with Crippen LogP contribution in [-0.2, 0) is 15.7 Å². The van der Waals surface area contributed by atoms with Crippen LogP contribution in [0.1, 0.15) is 31.0 Å². The number of pyridine rings is 1. The molecule has 0 aromatic carbocycles. The molecule has 0 radical (unpaired) electrons. The molecule has 3 nitrogen and oxygen atoms in total. The van der Waals surface area contributed by atoms with Crippen LogP contribution >= 0.6 is 11.6 Å². The zero-order chi connectivity index (χ0) is 15.5. The van der Waals surface area contributed by atoms with E-state index in [-0.39, 0.29) is 17.5 Å². The van der Waals surface area contributed by atoms with Gasteiger partial charge in [-0.25, -0.2) is 4.98 Å². The van der Waals surface area contributed by atoms with Gasteiger partial charge in [-0.1, -0.05) is 23.8 Å². The topological polar surface area (TPSA) is 39.2 Å².